The van der Waals surface area contributed by atoms with Gasteiger partial charge in [-0.1, -0.05) is 20.8 Å². The van der Waals surface area contributed by atoms with Crippen molar-refractivity contribution in [1.29, 1.82) is 0 Å². The summed E-state index contributed by atoms with van der Waals surface area (Å²) in [4.78, 5) is 2.70. The predicted molar refractivity (Wildman–Crippen MR) is 80.9 cm³/mol. The second kappa shape index (κ2) is 6.38. The molecule has 18 heavy (non-hydrogen) atoms. The topological polar surface area (TPSA) is 15.3 Å². The Labute approximate surface area is 115 Å². The van der Waals surface area contributed by atoms with Crippen molar-refractivity contribution < 1.29 is 0 Å². The van der Waals surface area contributed by atoms with Crippen LogP contribution in [0.25, 0.3) is 0 Å². The van der Waals surface area contributed by atoms with Gasteiger partial charge in [0.2, 0.25) is 0 Å². The van der Waals surface area contributed by atoms with Crippen LogP contribution in [0.15, 0.2) is 0 Å². The molecule has 0 aromatic heterocycles. The average molecular weight is 254 g/mol. The number of hydrogen-bond donors (Lipinski definition) is 1. The van der Waals surface area contributed by atoms with Gasteiger partial charge in [-0.05, 0) is 58.4 Å². The quantitative estimate of drug-likeness (QED) is 0.827. The van der Waals surface area contributed by atoms with Gasteiger partial charge in [0.15, 0.2) is 0 Å². The van der Waals surface area contributed by atoms with Gasteiger partial charge < -0.3 is 5.32 Å². The number of rotatable bonds is 4. The molecule has 2 nitrogen and oxygen atoms in total. The molecule has 1 heterocycles. The van der Waals surface area contributed by atoms with Gasteiger partial charge >= 0.3 is 0 Å². The van der Waals surface area contributed by atoms with Crippen molar-refractivity contribution in [2.24, 2.45) is 17.8 Å². The fourth-order valence-corrected chi connectivity index (χ4v) is 3.02. The van der Waals surface area contributed by atoms with E-state index in [-0.39, 0.29) is 5.54 Å². The molecule has 0 spiro atoms. The monoisotopic (exact) mass is 254 g/mol. The van der Waals surface area contributed by atoms with Gasteiger partial charge in [-0.15, -0.1) is 0 Å². The Kier molecular flexibility index (Phi) is 5.67. The highest BCUT2D eigenvalue weighted by Crippen LogP contribution is 2.27. The van der Waals surface area contributed by atoms with Crippen LogP contribution < -0.4 is 5.32 Å². The van der Waals surface area contributed by atoms with Crippen molar-refractivity contribution in [3.63, 3.8) is 0 Å². The minimum atomic E-state index is 0.238. The fourth-order valence-electron chi connectivity index (χ4n) is 3.02. The van der Waals surface area contributed by atoms with Gasteiger partial charge in [-0.3, -0.25) is 4.90 Å². The van der Waals surface area contributed by atoms with Crippen LogP contribution in [0, 0.1) is 17.8 Å². The zero-order valence-electron chi connectivity index (χ0n) is 13.6. The third kappa shape index (κ3) is 5.27. The predicted octanol–water partition coefficient (Wildman–Crippen LogP) is 3.38. The van der Waals surface area contributed by atoms with Gasteiger partial charge in [-0.25, -0.2) is 0 Å². The van der Waals surface area contributed by atoms with Gasteiger partial charge in [-0.2, -0.15) is 0 Å². The van der Waals surface area contributed by atoms with Crippen LogP contribution in [0.1, 0.15) is 54.9 Å². The molecular weight excluding hydrogens is 220 g/mol. The van der Waals surface area contributed by atoms with E-state index in [0.717, 1.165) is 30.3 Å². The molecule has 0 amide bonds. The summed E-state index contributed by atoms with van der Waals surface area (Å²) in [5.41, 5.74) is 0.238. The number of likely N-dealkylation sites (tertiary alicyclic amines) is 1. The molecule has 1 saturated heterocycles. The van der Waals surface area contributed by atoms with Crippen LogP contribution in [0.4, 0.5) is 0 Å². The van der Waals surface area contributed by atoms with Crippen LogP contribution in [-0.4, -0.2) is 36.1 Å². The Morgan fingerprint density at radius 2 is 1.83 bits per heavy atom. The van der Waals surface area contributed by atoms with E-state index in [1.54, 1.807) is 0 Å². The SMILES string of the molecule is CC(CNC(C)(C)C)CN1CC(C)CC(C)C1C. The summed E-state index contributed by atoms with van der Waals surface area (Å²) in [7, 11) is 0. The minimum absolute atomic E-state index is 0.238. The summed E-state index contributed by atoms with van der Waals surface area (Å²) in [6, 6.07) is 0.748. The molecule has 1 aliphatic rings. The van der Waals surface area contributed by atoms with Crippen molar-refractivity contribution in [3.05, 3.63) is 0 Å². The van der Waals surface area contributed by atoms with Crippen LogP contribution >= 0.6 is 0 Å². The molecule has 2 heteroatoms. The van der Waals surface area contributed by atoms with Crippen LogP contribution in [0.5, 0.6) is 0 Å². The van der Waals surface area contributed by atoms with Crippen molar-refractivity contribution in [3.8, 4) is 0 Å². The summed E-state index contributed by atoms with van der Waals surface area (Å²) in [5.74, 6) is 2.43. The number of nitrogens with one attached hydrogen (secondary N) is 1. The Morgan fingerprint density at radius 1 is 1.22 bits per heavy atom. The molecule has 0 aromatic rings. The van der Waals surface area contributed by atoms with Crippen molar-refractivity contribution in [1.82, 2.24) is 10.2 Å². The molecule has 0 aliphatic carbocycles. The van der Waals surface area contributed by atoms with E-state index >= 15 is 0 Å². The lowest BCUT2D eigenvalue weighted by molar-refractivity contribution is 0.0661. The first-order valence-corrected chi connectivity index (χ1v) is 7.68. The normalized spacial score (nSPS) is 32.5. The van der Waals surface area contributed by atoms with Crippen LogP contribution in [0.3, 0.4) is 0 Å². The summed E-state index contributed by atoms with van der Waals surface area (Å²) >= 11 is 0. The van der Waals surface area contributed by atoms with E-state index < -0.39 is 0 Å². The highest BCUT2D eigenvalue weighted by Gasteiger charge is 2.29. The summed E-state index contributed by atoms with van der Waals surface area (Å²) in [6.07, 6.45) is 1.40. The highest BCUT2D eigenvalue weighted by molar-refractivity contribution is 4.83. The molecule has 108 valence electrons. The molecular formula is C16H34N2. The van der Waals surface area contributed by atoms with E-state index in [1.807, 2.05) is 0 Å². The Hall–Kier alpha value is -0.0800. The van der Waals surface area contributed by atoms with Crippen molar-refractivity contribution in [2.45, 2.75) is 66.5 Å². The van der Waals surface area contributed by atoms with Gasteiger partial charge in [0.1, 0.15) is 0 Å². The summed E-state index contributed by atoms with van der Waals surface area (Å²) in [5, 5.41) is 3.62. The van der Waals surface area contributed by atoms with Gasteiger partial charge in [0, 0.05) is 24.7 Å². The van der Waals surface area contributed by atoms with E-state index in [1.165, 1.54) is 19.5 Å². The van der Waals surface area contributed by atoms with Gasteiger partial charge in [0.25, 0.3) is 0 Å². The zero-order chi connectivity index (χ0) is 13.9. The first kappa shape index (κ1) is 16.0. The molecule has 0 saturated carbocycles. The maximum absolute atomic E-state index is 3.62. The van der Waals surface area contributed by atoms with E-state index in [4.69, 9.17) is 0 Å². The first-order valence-electron chi connectivity index (χ1n) is 7.68. The molecule has 4 atom stereocenters. The second-order valence-electron chi connectivity index (χ2n) is 7.75. The fraction of sp³-hybridized carbons (Fsp3) is 1.00. The number of nitrogens with zero attached hydrogens (tertiary/aromatic N) is 1. The minimum Gasteiger partial charge on any atom is -0.312 e. The lowest BCUT2D eigenvalue weighted by atomic mass is 9.85. The first-order chi connectivity index (χ1) is 8.19. The lowest BCUT2D eigenvalue weighted by Crippen LogP contribution is -2.49. The Bertz CT molecular complexity index is 244. The van der Waals surface area contributed by atoms with Crippen LogP contribution in [-0.2, 0) is 0 Å². The average Bonchev–Trinajstić information content (AvgIpc) is 2.21. The van der Waals surface area contributed by atoms with Crippen molar-refractivity contribution in [2.75, 3.05) is 19.6 Å². The molecule has 1 rings (SSSR count). The second-order valence-corrected chi connectivity index (χ2v) is 7.75. The largest absolute Gasteiger partial charge is 0.312 e. The highest BCUT2D eigenvalue weighted by atomic mass is 15.2. The molecule has 1 aliphatic heterocycles. The maximum atomic E-state index is 3.62. The third-order valence-electron chi connectivity index (χ3n) is 4.25. The van der Waals surface area contributed by atoms with E-state index in [2.05, 4.69) is 58.7 Å². The molecule has 4 unspecified atom stereocenters. The van der Waals surface area contributed by atoms with Crippen LogP contribution in [0.2, 0.25) is 0 Å². The summed E-state index contributed by atoms with van der Waals surface area (Å²) < 4.78 is 0. The van der Waals surface area contributed by atoms with Gasteiger partial charge in [0.05, 0.1) is 0 Å². The maximum Gasteiger partial charge on any atom is 0.00966 e. The Morgan fingerprint density at radius 3 is 2.39 bits per heavy atom. The van der Waals surface area contributed by atoms with Crippen molar-refractivity contribution >= 4 is 0 Å². The smallest absolute Gasteiger partial charge is 0.00966 e. The Balaban J connectivity index is 2.40. The molecule has 0 radical (unpaired) electrons. The summed E-state index contributed by atoms with van der Waals surface area (Å²) in [6.45, 7) is 19.9. The standard InChI is InChI=1S/C16H34N2/c1-12-8-14(3)15(4)18(10-12)11-13(2)9-17-16(5,6)7/h12-15,17H,8-11H2,1-7H3. The lowest BCUT2D eigenvalue weighted by Gasteiger charge is -2.42. The number of piperidine rings is 1. The van der Waals surface area contributed by atoms with E-state index in [0.29, 0.717) is 0 Å². The van der Waals surface area contributed by atoms with E-state index in [9.17, 15) is 0 Å². The molecule has 1 fully saturated rings. The molecule has 1 N–H and O–H groups in total. The third-order valence-corrected chi connectivity index (χ3v) is 4.25. The molecule has 0 bridgehead atoms. The molecule has 0 aromatic carbocycles. The number of hydrogen-bond acceptors (Lipinski definition) is 2. The zero-order valence-corrected chi connectivity index (χ0v) is 13.6.